The molecule has 3 N–H and O–H groups in total. The van der Waals surface area contributed by atoms with Gasteiger partial charge in [0.05, 0.1) is 28.9 Å². The standard InChI is InChI=1S/C27H31F2N9O7S2/c1-27(41,13-32-24(39)17-3-5-20(6-4-17)47(44,45)38-16-30-15-33-38)14-37-23-18(11-21(22(28)29)25(37)40)12-31-26(35-23)34-19-7-9-36(10-8-19)46(2,42)43/h3-6,11-12,15-16,19,22,41H,7-10,13-14H2,1-2H3,(H,32,39)(H,31,34,35)/t27-/m1/s1. The normalized spacial score (nSPS) is 16.3. The molecular formula is C27H31F2N9O7S2. The van der Waals surface area contributed by atoms with Gasteiger partial charge >= 0.3 is 0 Å². The Morgan fingerprint density at radius 1 is 1.15 bits per heavy atom. The molecule has 1 aliphatic heterocycles. The van der Waals surface area contributed by atoms with Crippen LogP contribution < -0.4 is 16.2 Å². The van der Waals surface area contributed by atoms with Gasteiger partial charge < -0.3 is 15.7 Å². The number of piperidine rings is 1. The lowest BCUT2D eigenvalue weighted by atomic mass is 10.1. The molecule has 1 amide bonds. The molecule has 0 spiro atoms. The number of hydrogen-bond acceptors (Lipinski definition) is 12. The summed E-state index contributed by atoms with van der Waals surface area (Å²) in [5.74, 6) is -0.597. The number of sulfonamides is 1. The largest absolute Gasteiger partial charge is 0.386 e. The van der Waals surface area contributed by atoms with Gasteiger partial charge in [-0.25, -0.2) is 31.5 Å². The maximum absolute atomic E-state index is 13.8. The number of hydrogen-bond donors (Lipinski definition) is 3. The van der Waals surface area contributed by atoms with Crippen LogP contribution in [0, 0.1) is 0 Å². The summed E-state index contributed by atoms with van der Waals surface area (Å²) in [5.41, 5.74) is -3.74. The van der Waals surface area contributed by atoms with E-state index >= 15 is 0 Å². The Morgan fingerprint density at radius 3 is 2.43 bits per heavy atom. The van der Waals surface area contributed by atoms with E-state index in [1.165, 1.54) is 41.7 Å². The quantitative estimate of drug-likeness (QED) is 0.197. The summed E-state index contributed by atoms with van der Waals surface area (Å²) in [6.45, 7) is 0.902. The van der Waals surface area contributed by atoms with Crippen LogP contribution in [0.15, 0.2) is 58.9 Å². The molecule has 252 valence electrons. The lowest BCUT2D eigenvalue weighted by Gasteiger charge is -2.30. The van der Waals surface area contributed by atoms with Gasteiger partial charge in [0, 0.05) is 42.8 Å². The molecule has 1 fully saturated rings. The molecule has 0 radical (unpaired) electrons. The number of pyridine rings is 1. The molecule has 20 heteroatoms. The minimum atomic E-state index is -4.01. The van der Waals surface area contributed by atoms with Crippen molar-refractivity contribution in [1.82, 2.24) is 38.3 Å². The minimum absolute atomic E-state index is 0.0405. The third-order valence-electron chi connectivity index (χ3n) is 7.53. The number of carbonyl (C=O) groups excluding carboxylic acids is 1. The van der Waals surface area contributed by atoms with Crippen molar-refractivity contribution < 1.29 is 35.5 Å². The lowest BCUT2D eigenvalue weighted by Crippen LogP contribution is -2.46. The highest BCUT2D eigenvalue weighted by Gasteiger charge is 2.28. The predicted molar refractivity (Wildman–Crippen MR) is 164 cm³/mol. The first-order valence-corrected chi connectivity index (χ1v) is 17.5. The summed E-state index contributed by atoms with van der Waals surface area (Å²) in [7, 11) is -7.35. The number of aliphatic hydroxyl groups is 1. The van der Waals surface area contributed by atoms with Gasteiger partial charge in [0.15, 0.2) is 0 Å². The van der Waals surface area contributed by atoms with Gasteiger partial charge in [0.25, 0.3) is 27.9 Å². The van der Waals surface area contributed by atoms with Crippen LogP contribution in [0.5, 0.6) is 0 Å². The number of carbonyl (C=O) groups is 1. The van der Waals surface area contributed by atoms with Crippen molar-refractivity contribution in [3.8, 4) is 0 Å². The number of aromatic nitrogens is 6. The van der Waals surface area contributed by atoms with E-state index in [0.29, 0.717) is 16.9 Å². The summed E-state index contributed by atoms with van der Waals surface area (Å²) in [4.78, 5) is 38.0. The molecule has 0 unspecified atom stereocenters. The first kappa shape index (κ1) is 33.9. The van der Waals surface area contributed by atoms with Crippen molar-refractivity contribution in [3.05, 3.63) is 70.7 Å². The predicted octanol–water partition coefficient (Wildman–Crippen LogP) is 0.575. The maximum atomic E-state index is 13.8. The minimum Gasteiger partial charge on any atom is -0.386 e. The first-order chi connectivity index (χ1) is 22.0. The van der Waals surface area contributed by atoms with Crippen molar-refractivity contribution >= 4 is 42.9 Å². The SMILES string of the molecule is C[C@@](O)(CNC(=O)c1ccc(S(=O)(=O)n2cncn2)cc1)Cn1c(=O)c(C(F)F)cc2cnc(NC3CCN(S(C)(=O)=O)CC3)nc21. The molecule has 3 aromatic heterocycles. The Balaban J connectivity index is 1.32. The summed E-state index contributed by atoms with van der Waals surface area (Å²) in [5, 5.41) is 20.5. The van der Waals surface area contributed by atoms with Crippen LogP contribution in [0.25, 0.3) is 11.0 Å². The van der Waals surface area contributed by atoms with Gasteiger partial charge in [-0.3, -0.25) is 14.2 Å². The van der Waals surface area contributed by atoms with Gasteiger partial charge in [-0.2, -0.15) is 13.4 Å². The van der Waals surface area contributed by atoms with Crippen LogP contribution in [-0.2, 0) is 26.6 Å². The third kappa shape index (κ3) is 7.61. The van der Waals surface area contributed by atoms with E-state index in [4.69, 9.17) is 0 Å². The van der Waals surface area contributed by atoms with Crippen LogP contribution >= 0.6 is 0 Å². The highest BCUT2D eigenvalue weighted by Crippen LogP contribution is 2.23. The smallest absolute Gasteiger partial charge is 0.284 e. The molecule has 4 heterocycles. The zero-order valence-corrected chi connectivity index (χ0v) is 26.7. The molecule has 1 aliphatic rings. The molecular weight excluding hydrogens is 664 g/mol. The number of rotatable bonds is 11. The van der Waals surface area contributed by atoms with E-state index in [1.54, 1.807) is 0 Å². The zero-order valence-electron chi connectivity index (χ0n) is 25.1. The molecule has 1 aromatic carbocycles. The lowest BCUT2D eigenvalue weighted by molar-refractivity contribution is 0.0394. The number of fused-ring (bicyclic) bond motifs is 1. The van der Waals surface area contributed by atoms with E-state index < -0.39 is 62.2 Å². The molecule has 0 aliphatic carbocycles. The van der Waals surface area contributed by atoms with Gasteiger partial charge in [0.1, 0.15) is 18.3 Å². The van der Waals surface area contributed by atoms with Crippen molar-refractivity contribution in [2.24, 2.45) is 0 Å². The zero-order chi connectivity index (χ0) is 34.1. The molecule has 4 aromatic rings. The van der Waals surface area contributed by atoms with E-state index in [2.05, 4.69) is 30.7 Å². The molecule has 16 nitrogen and oxygen atoms in total. The average molecular weight is 696 g/mol. The van der Waals surface area contributed by atoms with Crippen molar-refractivity contribution in [1.29, 1.82) is 0 Å². The Labute approximate surface area is 267 Å². The molecule has 5 rings (SSSR count). The Kier molecular flexibility index (Phi) is 9.40. The van der Waals surface area contributed by atoms with Gasteiger partial charge in [0.2, 0.25) is 16.0 Å². The Bertz CT molecular complexity index is 2050. The van der Waals surface area contributed by atoms with Crippen LogP contribution in [0.4, 0.5) is 14.7 Å². The monoisotopic (exact) mass is 695 g/mol. The van der Waals surface area contributed by atoms with Crippen LogP contribution in [0.2, 0.25) is 0 Å². The number of nitrogens with zero attached hydrogens (tertiary/aromatic N) is 7. The number of alkyl halides is 2. The van der Waals surface area contributed by atoms with E-state index in [9.17, 15) is 40.3 Å². The van der Waals surface area contributed by atoms with E-state index in [1.807, 2.05) is 0 Å². The second-order valence-corrected chi connectivity index (χ2v) is 15.1. The van der Waals surface area contributed by atoms with Crippen molar-refractivity contribution in [3.63, 3.8) is 0 Å². The number of halogens is 2. The summed E-state index contributed by atoms with van der Waals surface area (Å²) < 4.78 is 79.4. The highest BCUT2D eigenvalue weighted by molar-refractivity contribution is 7.89. The van der Waals surface area contributed by atoms with Crippen LogP contribution in [-0.4, -0.2) is 98.4 Å². The number of amides is 1. The van der Waals surface area contributed by atoms with Gasteiger partial charge in [-0.05, 0) is 50.1 Å². The Hall–Kier alpha value is -4.40. The number of nitrogens with one attached hydrogen (secondary N) is 2. The summed E-state index contributed by atoms with van der Waals surface area (Å²) in [6, 6.07) is 5.71. The van der Waals surface area contributed by atoms with Crippen LogP contribution in [0.3, 0.4) is 0 Å². The third-order valence-corrected chi connectivity index (χ3v) is 10.4. The molecule has 0 bridgehead atoms. The topological polar surface area (TPSA) is 211 Å². The summed E-state index contributed by atoms with van der Waals surface area (Å²) >= 11 is 0. The Morgan fingerprint density at radius 2 is 1.83 bits per heavy atom. The highest BCUT2D eigenvalue weighted by atomic mass is 32.2. The molecule has 47 heavy (non-hydrogen) atoms. The number of benzene rings is 1. The van der Waals surface area contributed by atoms with Crippen LogP contribution in [0.1, 0.15) is 42.1 Å². The van der Waals surface area contributed by atoms with Gasteiger partial charge in [-0.1, -0.05) is 0 Å². The van der Waals surface area contributed by atoms with Crippen molar-refractivity contribution in [2.45, 2.75) is 49.3 Å². The second kappa shape index (κ2) is 13.0. The fourth-order valence-electron chi connectivity index (χ4n) is 5.05. The molecule has 1 atom stereocenters. The second-order valence-electron chi connectivity index (χ2n) is 11.3. The fraction of sp³-hybridized carbons (Fsp3) is 0.407. The molecule has 1 saturated heterocycles. The van der Waals surface area contributed by atoms with E-state index in [0.717, 1.165) is 29.5 Å². The fourth-order valence-corrected chi connectivity index (χ4v) is 6.96. The molecule has 0 saturated carbocycles. The van der Waals surface area contributed by atoms with E-state index in [-0.39, 0.29) is 46.6 Å². The number of anilines is 1. The van der Waals surface area contributed by atoms with Gasteiger partial charge in [-0.15, -0.1) is 9.19 Å². The maximum Gasteiger partial charge on any atom is 0.284 e. The van der Waals surface area contributed by atoms with Crippen molar-refractivity contribution in [2.75, 3.05) is 31.2 Å². The summed E-state index contributed by atoms with van der Waals surface area (Å²) in [6.07, 6.45) is 2.26. The first-order valence-electron chi connectivity index (χ1n) is 14.2. The average Bonchev–Trinajstić information content (AvgIpc) is 3.57.